The Kier molecular flexibility index (Phi) is 5.08. The van der Waals surface area contributed by atoms with Gasteiger partial charge in [0.25, 0.3) is 0 Å². The van der Waals surface area contributed by atoms with E-state index >= 15 is 0 Å². The first-order valence-corrected chi connectivity index (χ1v) is 9.43. The normalized spacial score (nSPS) is 14.8. The van der Waals surface area contributed by atoms with Crippen LogP contribution in [-0.2, 0) is 0 Å². The Hall–Kier alpha value is -3.18. The van der Waals surface area contributed by atoms with Crippen LogP contribution in [0.25, 0.3) is 11.3 Å². The largest absolute Gasteiger partial charge is 0.434 e. The number of anilines is 1. The Balaban J connectivity index is 1.60. The van der Waals surface area contributed by atoms with E-state index in [1.54, 1.807) is 12.1 Å². The van der Waals surface area contributed by atoms with Crippen molar-refractivity contribution < 1.29 is 9.66 Å². The molecule has 0 amide bonds. The van der Waals surface area contributed by atoms with Crippen molar-refractivity contribution in [3.63, 3.8) is 0 Å². The zero-order chi connectivity index (χ0) is 19.5. The number of ether oxygens (including phenoxy) is 1. The summed E-state index contributed by atoms with van der Waals surface area (Å²) in [6, 6.07) is 7.08. The number of benzene rings is 1. The molecule has 144 valence electrons. The predicted molar refractivity (Wildman–Crippen MR) is 104 cm³/mol. The average Bonchev–Trinajstić information content (AvgIpc) is 3.24. The Morgan fingerprint density at radius 1 is 1.14 bits per heavy atom. The minimum Gasteiger partial charge on any atom is -0.434 e. The number of nitrogens with zero attached hydrogens (tertiary/aromatic N) is 7. The molecule has 10 nitrogen and oxygen atoms in total. The molecule has 1 fully saturated rings. The number of likely N-dealkylation sites (N-methyl/N-ethyl adjacent to an activating group) is 1. The van der Waals surface area contributed by atoms with Gasteiger partial charge in [-0.3, -0.25) is 10.1 Å². The van der Waals surface area contributed by atoms with Crippen LogP contribution in [0.15, 0.2) is 36.0 Å². The summed E-state index contributed by atoms with van der Waals surface area (Å²) in [6.45, 7) is 2.93. The van der Waals surface area contributed by atoms with E-state index in [9.17, 15) is 10.1 Å². The first-order chi connectivity index (χ1) is 13.6. The molecule has 1 aliphatic rings. The van der Waals surface area contributed by atoms with Crippen LogP contribution in [0.2, 0.25) is 0 Å². The first-order valence-electron chi connectivity index (χ1n) is 8.60. The molecule has 0 radical (unpaired) electrons. The predicted octanol–water partition coefficient (Wildman–Crippen LogP) is 2.45. The lowest BCUT2D eigenvalue weighted by atomic mass is 10.2. The number of hydrogen-bond acceptors (Lipinski definition) is 10. The average molecular weight is 399 g/mol. The van der Waals surface area contributed by atoms with Crippen molar-refractivity contribution >= 4 is 23.0 Å². The molecule has 0 bridgehead atoms. The maximum Gasteiger partial charge on any atom is 0.373 e. The highest BCUT2D eigenvalue weighted by atomic mass is 32.1. The third-order valence-corrected chi connectivity index (χ3v) is 4.98. The van der Waals surface area contributed by atoms with Crippen molar-refractivity contribution in [3.05, 3.63) is 46.1 Å². The lowest BCUT2D eigenvalue weighted by molar-refractivity contribution is -0.385. The minimum atomic E-state index is -0.488. The fourth-order valence-electron chi connectivity index (χ4n) is 2.93. The zero-order valence-electron chi connectivity index (χ0n) is 15.1. The standard InChI is InChI=1S/C17H17N7O3S/c1-22-6-8-23(9-7-22)16-15(24(25)26)17(19-11-18-16)27-13-4-2-12(3-5-13)14-10-28-21-20-14/h2-5,10-11H,6-9H2,1H3. The van der Waals surface area contributed by atoms with Crippen LogP contribution in [0.1, 0.15) is 0 Å². The molecule has 3 aromatic rings. The summed E-state index contributed by atoms with van der Waals surface area (Å²) >= 11 is 1.27. The van der Waals surface area contributed by atoms with Crippen LogP contribution in [0, 0.1) is 10.1 Å². The van der Waals surface area contributed by atoms with Crippen molar-refractivity contribution in [2.24, 2.45) is 0 Å². The Morgan fingerprint density at radius 2 is 1.89 bits per heavy atom. The van der Waals surface area contributed by atoms with E-state index in [0.29, 0.717) is 18.8 Å². The Labute approximate surface area is 164 Å². The van der Waals surface area contributed by atoms with Crippen LogP contribution in [0.3, 0.4) is 0 Å². The van der Waals surface area contributed by atoms with Crippen molar-refractivity contribution in [2.75, 3.05) is 38.1 Å². The van der Waals surface area contributed by atoms with Gasteiger partial charge in [-0.1, -0.05) is 4.49 Å². The summed E-state index contributed by atoms with van der Waals surface area (Å²) in [7, 11) is 2.02. The summed E-state index contributed by atoms with van der Waals surface area (Å²) < 4.78 is 9.57. The molecule has 4 rings (SSSR count). The van der Waals surface area contributed by atoms with E-state index in [-0.39, 0.29) is 17.4 Å². The quantitative estimate of drug-likeness (QED) is 0.472. The first kappa shape index (κ1) is 18.2. The Bertz CT molecular complexity index is 957. The minimum absolute atomic E-state index is 0.0722. The molecule has 2 aromatic heterocycles. The van der Waals surface area contributed by atoms with Crippen LogP contribution in [0.4, 0.5) is 11.5 Å². The molecule has 0 aliphatic carbocycles. The second kappa shape index (κ2) is 7.82. The van der Waals surface area contributed by atoms with Gasteiger partial charge in [0, 0.05) is 37.1 Å². The van der Waals surface area contributed by atoms with Crippen molar-refractivity contribution in [1.82, 2.24) is 24.5 Å². The molecule has 0 unspecified atom stereocenters. The summed E-state index contributed by atoms with van der Waals surface area (Å²) in [5.41, 5.74) is 1.43. The fraction of sp³-hybridized carbons (Fsp3) is 0.294. The van der Waals surface area contributed by atoms with E-state index in [1.165, 1.54) is 17.9 Å². The molecule has 0 N–H and O–H groups in total. The van der Waals surface area contributed by atoms with Crippen LogP contribution < -0.4 is 9.64 Å². The van der Waals surface area contributed by atoms with E-state index in [2.05, 4.69) is 24.5 Å². The highest BCUT2D eigenvalue weighted by Crippen LogP contribution is 2.36. The van der Waals surface area contributed by atoms with Gasteiger partial charge in [-0.15, -0.1) is 5.10 Å². The van der Waals surface area contributed by atoms with E-state index < -0.39 is 4.92 Å². The number of piperazine rings is 1. The van der Waals surface area contributed by atoms with E-state index in [1.807, 2.05) is 29.5 Å². The van der Waals surface area contributed by atoms with Gasteiger partial charge in [-0.05, 0) is 42.8 Å². The molecule has 0 atom stereocenters. The topological polar surface area (TPSA) is 110 Å². The summed E-state index contributed by atoms with van der Waals surface area (Å²) in [6.07, 6.45) is 1.30. The monoisotopic (exact) mass is 399 g/mol. The molecule has 1 aromatic carbocycles. The third-order valence-electron chi connectivity index (χ3n) is 4.48. The Morgan fingerprint density at radius 3 is 2.54 bits per heavy atom. The summed E-state index contributed by atoms with van der Waals surface area (Å²) in [5.74, 6) is 0.656. The molecular weight excluding hydrogens is 382 g/mol. The SMILES string of the molecule is CN1CCN(c2ncnc(Oc3ccc(-c4csnn4)cc3)c2[N+](=O)[O-])CC1. The third kappa shape index (κ3) is 3.75. The van der Waals surface area contributed by atoms with Crippen molar-refractivity contribution in [3.8, 4) is 22.9 Å². The van der Waals surface area contributed by atoms with Crippen LogP contribution in [-0.4, -0.2) is 62.6 Å². The van der Waals surface area contributed by atoms with Crippen molar-refractivity contribution in [2.45, 2.75) is 0 Å². The smallest absolute Gasteiger partial charge is 0.373 e. The number of rotatable bonds is 5. The van der Waals surface area contributed by atoms with Gasteiger partial charge in [0.05, 0.1) is 4.92 Å². The fourth-order valence-corrected chi connectivity index (χ4v) is 3.40. The maximum absolute atomic E-state index is 11.7. The zero-order valence-corrected chi connectivity index (χ0v) is 15.9. The molecule has 11 heteroatoms. The number of nitro groups is 1. The van der Waals surface area contributed by atoms with E-state index in [4.69, 9.17) is 4.74 Å². The highest BCUT2D eigenvalue weighted by molar-refractivity contribution is 7.03. The van der Waals surface area contributed by atoms with Crippen LogP contribution in [0.5, 0.6) is 11.6 Å². The lowest BCUT2D eigenvalue weighted by Crippen LogP contribution is -2.45. The molecule has 1 saturated heterocycles. The van der Waals surface area contributed by atoms with Gasteiger partial charge in [0.2, 0.25) is 5.82 Å². The van der Waals surface area contributed by atoms with Gasteiger partial charge in [0.1, 0.15) is 17.8 Å². The summed E-state index contributed by atoms with van der Waals surface area (Å²) in [5, 5.41) is 17.6. The van der Waals surface area contributed by atoms with E-state index in [0.717, 1.165) is 24.3 Å². The van der Waals surface area contributed by atoms with Crippen molar-refractivity contribution in [1.29, 1.82) is 0 Å². The van der Waals surface area contributed by atoms with Gasteiger partial charge < -0.3 is 14.5 Å². The molecule has 1 aliphatic heterocycles. The molecule has 28 heavy (non-hydrogen) atoms. The van der Waals surface area contributed by atoms with Crippen LogP contribution >= 0.6 is 11.5 Å². The van der Waals surface area contributed by atoms with Gasteiger partial charge in [-0.25, -0.2) is 4.98 Å². The number of aromatic nitrogens is 4. The van der Waals surface area contributed by atoms with Gasteiger partial charge in [-0.2, -0.15) is 4.98 Å². The molecular formula is C17H17N7O3S. The maximum atomic E-state index is 11.7. The highest BCUT2D eigenvalue weighted by Gasteiger charge is 2.30. The molecule has 3 heterocycles. The second-order valence-electron chi connectivity index (χ2n) is 6.32. The second-order valence-corrected chi connectivity index (χ2v) is 6.92. The summed E-state index contributed by atoms with van der Waals surface area (Å²) in [4.78, 5) is 23.5. The molecule has 0 saturated carbocycles. The molecule has 0 spiro atoms. The van der Waals surface area contributed by atoms with Gasteiger partial charge >= 0.3 is 11.6 Å². The number of hydrogen-bond donors (Lipinski definition) is 0. The van der Waals surface area contributed by atoms with Gasteiger partial charge in [0.15, 0.2) is 0 Å². The lowest BCUT2D eigenvalue weighted by Gasteiger charge is -2.32.